The van der Waals surface area contributed by atoms with Gasteiger partial charge in [-0.1, -0.05) is 62.3 Å². The molecule has 2 fully saturated rings. The van der Waals surface area contributed by atoms with E-state index in [1.807, 2.05) is 31.2 Å². The number of hydrogen-bond donors (Lipinski definition) is 0. The Labute approximate surface area is 312 Å². The second kappa shape index (κ2) is 11.3. The van der Waals surface area contributed by atoms with Crippen LogP contribution in [0.25, 0.3) is 33.1 Å². The van der Waals surface area contributed by atoms with E-state index in [-0.39, 0.29) is 27.5 Å². The summed E-state index contributed by atoms with van der Waals surface area (Å²) in [6.45, 7) is 1.92. The summed E-state index contributed by atoms with van der Waals surface area (Å²) in [5.41, 5.74) is 6.39. The molecular weight excluding hydrogens is 714 g/mol. The number of thiophene rings is 2. The lowest BCUT2D eigenvalue weighted by atomic mass is 9.61. The molecule has 0 bridgehead atoms. The first kappa shape index (κ1) is 33.1. The molecule has 2 aromatic heterocycles. The van der Waals surface area contributed by atoms with Gasteiger partial charge in [-0.15, -0.1) is 22.7 Å². The maximum absolute atomic E-state index is 13.6. The van der Waals surface area contributed by atoms with Gasteiger partial charge in [0.2, 0.25) is 23.1 Å². The Bertz CT molecular complexity index is 2490. The van der Waals surface area contributed by atoms with Gasteiger partial charge in [0.15, 0.2) is 0 Å². The van der Waals surface area contributed by atoms with Crippen LogP contribution in [0.15, 0.2) is 54.1 Å². The Kier molecular flexibility index (Phi) is 7.05. The van der Waals surface area contributed by atoms with E-state index < -0.39 is 34.9 Å². The van der Waals surface area contributed by atoms with E-state index in [0.29, 0.717) is 16.7 Å². The monoisotopic (exact) mass is 746 g/mol. The van der Waals surface area contributed by atoms with Crippen molar-refractivity contribution in [3.05, 3.63) is 114 Å². The fourth-order valence-corrected chi connectivity index (χ4v) is 13.1. The third kappa shape index (κ3) is 4.53. The zero-order valence-electron chi connectivity index (χ0n) is 28.9. The van der Waals surface area contributed by atoms with Crippen molar-refractivity contribution in [2.45, 2.75) is 88.1 Å². The molecule has 0 atom stereocenters. The number of hydrogen-bond acceptors (Lipinski definition) is 6. The molecule has 6 aliphatic rings. The Morgan fingerprint density at radius 2 is 1.23 bits per heavy atom. The second-order valence-corrected chi connectivity index (χ2v) is 17.7. The van der Waals surface area contributed by atoms with Crippen LogP contribution in [-0.2, 0) is 26.6 Å². The molecule has 6 aliphatic carbocycles. The molecule has 2 saturated carbocycles. The van der Waals surface area contributed by atoms with Crippen LogP contribution in [0, 0.1) is 6.92 Å². The average Bonchev–Trinajstić information content (AvgIpc) is 3.95. The Morgan fingerprint density at radius 3 is 1.89 bits per heavy atom. The van der Waals surface area contributed by atoms with Crippen LogP contribution < -0.4 is 0 Å². The second-order valence-electron chi connectivity index (χ2n) is 15.6. The number of Topliss-reactive ketones (excluding diaryl/α,β-unsaturated/α-hetero) is 4. The summed E-state index contributed by atoms with van der Waals surface area (Å²) in [7, 11) is 0. The highest BCUT2D eigenvalue weighted by Crippen LogP contribution is 2.67. The van der Waals surface area contributed by atoms with Gasteiger partial charge >= 0.3 is 6.18 Å². The maximum atomic E-state index is 13.6. The van der Waals surface area contributed by atoms with Gasteiger partial charge in [-0.2, -0.15) is 13.2 Å². The van der Waals surface area contributed by atoms with E-state index in [2.05, 4.69) is 12.1 Å². The highest BCUT2D eigenvalue weighted by atomic mass is 32.1. The Balaban J connectivity index is 1.12. The maximum Gasteiger partial charge on any atom is 0.416 e. The molecule has 266 valence electrons. The van der Waals surface area contributed by atoms with Gasteiger partial charge < -0.3 is 0 Å². The highest BCUT2D eigenvalue weighted by Gasteiger charge is 2.54. The molecule has 10 rings (SSSR count). The molecule has 2 aromatic carbocycles. The molecule has 2 heterocycles. The Hall–Kier alpha value is -4.47. The first-order valence-electron chi connectivity index (χ1n) is 18.4. The van der Waals surface area contributed by atoms with Gasteiger partial charge in [0, 0.05) is 52.6 Å². The van der Waals surface area contributed by atoms with Crippen molar-refractivity contribution >= 4 is 69.1 Å². The van der Waals surface area contributed by atoms with E-state index in [4.69, 9.17) is 0 Å². The first-order chi connectivity index (χ1) is 25.4. The minimum Gasteiger partial charge on any atom is -0.285 e. The van der Waals surface area contributed by atoms with Crippen LogP contribution >= 0.6 is 22.7 Å². The summed E-state index contributed by atoms with van der Waals surface area (Å²) in [5, 5.41) is 0. The number of allylic oxidation sites excluding steroid dienone is 4. The van der Waals surface area contributed by atoms with Gasteiger partial charge in [-0.05, 0) is 108 Å². The van der Waals surface area contributed by atoms with Crippen molar-refractivity contribution in [3.8, 4) is 9.75 Å². The summed E-state index contributed by atoms with van der Waals surface area (Å²) in [6, 6.07) is 10.9. The lowest BCUT2D eigenvalue weighted by molar-refractivity contribution is -0.137. The number of carbonyl (C=O) groups excluding carboxylic acids is 4. The smallest absolute Gasteiger partial charge is 0.285 e. The molecule has 4 nitrogen and oxygen atoms in total. The molecule has 0 aliphatic heterocycles. The molecule has 0 unspecified atom stereocenters. The van der Waals surface area contributed by atoms with Crippen molar-refractivity contribution in [1.82, 2.24) is 0 Å². The molecule has 0 radical (unpaired) electrons. The van der Waals surface area contributed by atoms with Crippen molar-refractivity contribution < 1.29 is 32.3 Å². The van der Waals surface area contributed by atoms with Crippen LogP contribution in [0.3, 0.4) is 0 Å². The first-order valence-corrected chi connectivity index (χ1v) is 20.0. The molecular formula is C44H33F3O4S2. The van der Waals surface area contributed by atoms with Crippen LogP contribution in [0.2, 0.25) is 0 Å². The summed E-state index contributed by atoms with van der Waals surface area (Å²) in [6.07, 6.45) is 11.6. The van der Waals surface area contributed by atoms with Crippen molar-refractivity contribution in [1.29, 1.82) is 0 Å². The molecule has 0 N–H and O–H groups in total. The molecule has 53 heavy (non-hydrogen) atoms. The summed E-state index contributed by atoms with van der Waals surface area (Å²) < 4.78 is 40.7. The lowest BCUT2D eigenvalue weighted by Gasteiger charge is -2.42. The minimum atomic E-state index is -4.62. The number of fused-ring (bicyclic) bond motifs is 10. The molecule has 2 spiro atoms. The fourth-order valence-electron chi connectivity index (χ4n) is 10.3. The highest BCUT2D eigenvalue weighted by molar-refractivity contribution is 7.23. The van der Waals surface area contributed by atoms with E-state index in [1.54, 1.807) is 28.7 Å². The summed E-state index contributed by atoms with van der Waals surface area (Å²) >= 11 is 3.47. The number of alkyl halides is 3. The fraction of sp³-hybridized carbons (Fsp3) is 0.318. The molecule has 0 saturated heterocycles. The standard InChI is InChI=1S/C44H33F3O4S2/c1-22-8-10-26-28(16-22)36(48)39(51)31(26)20-25-21-32-40(52-25)41-35(43(32)14-6-3-7-15-43)34-33(53-41)19-24(42(34)12-4-2-5-13-42)18-30-27-11-9-23(44(45,46)47)17-29(27)37(49)38(30)50/h8-11,16-21H,2-7,12-15H2,1H3/b30-18-,31-20-. The summed E-state index contributed by atoms with van der Waals surface area (Å²) in [4.78, 5) is 57.3. The third-order valence-electron chi connectivity index (χ3n) is 12.7. The lowest BCUT2D eigenvalue weighted by Crippen LogP contribution is -2.35. The van der Waals surface area contributed by atoms with Crippen LogP contribution in [0.4, 0.5) is 13.2 Å². The van der Waals surface area contributed by atoms with Gasteiger partial charge in [0.05, 0.1) is 5.56 Å². The van der Waals surface area contributed by atoms with Crippen LogP contribution in [0.1, 0.15) is 134 Å². The van der Waals surface area contributed by atoms with Crippen molar-refractivity contribution in [2.75, 3.05) is 0 Å². The predicted molar refractivity (Wildman–Crippen MR) is 201 cm³/mol. The SMILES string of the molecule is Cc1ccc2c(c1)C(=O)C(=O)/C2=C\c1cc2c(s1)-c1sc3c(c1C21CCCCC1)C1(CCCCC1)C(/C=C1\C(=O)C(=O)c2cc(C(F)(F)F)ccc21)=C3. The zero-order chi connectivity index (χ0) is 36.6. The van der Waals surface area contributed by atoms with E-state index in [1.165, 1.54) is 38.9 Å². The molecule has 0 amide bonds. The zero-order valence-corrected chi connectivity index (χ0v) is 30.6. The molecule has 9 heteroatoms. The van der Waals surface area contributed by atoms with Gasteiger partial charge in [-0.3, -0.25) is 19.2 Å². The Morgan fingerprint density at radius 1 is 0.623 bits per heavy atom. The predicted octanol–water partition coefficient (Wildman–Crippen LogP) is 11.1. The van der Waals surface area contributed by atoms with E-state index in [9.17, 15) is 32.3 Å². The largest absolute Gasteiger partial charge is 0.416 e. The topological polar surface area (TPSA) is 68.3 Å². The van der Waals surface area contributed by atoms with Gasteiger partial charge in [0.25, 0.3) is 0 Å². The minimum absolute atomic E-state index is 0.179. The van der Waals surface area contributed by atoms with Crippen molar-refractivity contribution in [3.63, 3.8) is 0 Å². The van der Waals surface area contributed by atoms with Crippen LogP contribution in [0.5, 0.6) is 0 Å². The number of benzene rings is 2. The number of carbonyl (C=O) groups is 4. The normalized spacial score (nSPS) is 22.2. The number of ketones is 4. The third-order valence-corrected chi connectivity index (χ3v) is 15.1. The van der Waals surface area contributed by atoms with Gasteiger partial charge in [-0.25, -0.2) is 0 Å². The van der Waals surface area contributed by atoms with Gasteiger partial charge in [0.1, 0.15) is 0 Å². The number of rotatable bonds is 2. The summed E-state index contributed by atoms with van der Waals surface area (Å²) in [5.74, 6) is -2.55. The quantitative estimate of drug-likeness (QED) is 0.151. The van der Waals surface area contributed by atoms with Crippen LogP contribution in [-0.4, -0.2) is 23.1 Å². The number of aryl methyl sites for hydroxylation is 1. The molecule has 4 aromatic rings. The average molecular weight is 747 g/mol. The van der Waals surface area contributed by atoms with E-state index >= 15 is 0 Å². The van der Waals surface area contributed by atoms with Crippen molar-refractivity contribution in [2.24, 2.45) is 0 Å². The van der Waals surface area contributed by atoms with E-state index in [0.717, 1.165) is 90.8 Å². The number of halogens is 3.